The van der Waals surface area contributed by atoms with Crippen LogP contribution in [0.5, 0.6) is 0 Å². The zero-order chi connectivity index (χ0) is 12.3. The molecular weight excluding hydrogens is 196 g/mol. The van der Waals surface area contributed by atoms with Gasteiger partial charge < -0.3 is 5.11 Å². The van der Waals surface area contributed by atoms with Gasteiger partial charge in [-0.3, -0.25) is 0 Å². The Labute approximate surface area is 100 Å². The van der Waals surface area contributed by atoms with Crippen molar-refractivity contribution in [2.75, 3.05) is 6.61 Å². The largest absolute Gasteiger partial charge is 0.396 e. The summed E-state index contributed by atoms with van der Waals surface area (Å²) in [7, 11) is 0. The van der Waals surface area contributed by atoms with Crippen molar-refractivity contribution in [3.05, 3.63) is 23.3 Å². The highest BCUT2D eigenvalue weighted by Crippen LogP contribution is 2.50. The fraction of sp³-hybridized carbons (Fsp3) is 0.733. The van der Waals surface area contributed by atoms with E-state index in [4.69, 9.17) is 0 Å². The van der Waals surface area contributed by atoms with Crippen molar-refractivity contribution in [3.8, 4) is 0 Å². The van der Waals surface area contributed by atoms with Crippen molar-refractivity contribution in [2.45, 2.75) is 47.5 Å². The standard InChI is InChI=1S/C15H26O/c1-11(2)7-6-8-13-9-14(10-16)15(4,5)12(13)3/h7-8,12,14,16H,6,9-10H2,1-5H3/b13-8+/t12-,14+/m1/s1. The van der Waals surface area contributed by atoms with Crippen molar-refractivity contribution < 1.29 is 5.11 Å². The third-order valence-corrected chi connectivity index (χ3v) is 4.33. The van der Waals surface area contributed by atoms with Crippen molar-refractivity contribution in [1.29, 1.82) is 0 Å². The summed E-state index contributed by atoms with van der Waals surface area (Å²) in [6.45, 7) is 11.4. The third-order valence-electron chi connectivity index (χ3n) is 4.33. The number of hydrogen-bond donors (Lipinski definition) is 1. The van der Waals surface area contributed by atoms with E-state index in [1.165, 1.54) is 11.1 Å². The molecule has 1 nitrogen and oxygen atoms in total. The number of allylic oxidation sites excluding steroid dienone is 4. The van der Waals surface area contributed by atoms with Crippen molar-refractivity contribution >= 4 is 0 Å². The topological polar surface area (TPSA) is 20.2 Å². The first kappa shape index (κ1) is 13.5. The number of aliphatic hydroxyl groups excluding tert-OH is 1. The lowest BCUT2D eigenvalue weighted by atomic mass is 9.76. The van der Waals surface area contributed by atoms with Gasteiger partial charge in [0, 0.05) is 6.61 Å². The smallest absolute Gasteiger partial charge is 0.0467 e. The number of aliphatic hydroxyl groups is 1. The fourth-order valence-electron chi connectivity index (χ4n) is 2.56. The zero-order valence-corrected chi connectivity index (χ0v) is 11.4. The highest BCUT2D eigenvalue weighted by Gasteiger charge is 2.42. The summed E-state index contributed by atoms with van der Waals surface area (Å²) in [4.78, 5) is 0. The molecule has 2 atom stereocenters. The second kappa shape index (κ2) is 5.18. The zero-order valence-electron chi connectivity index (χ0n) is 11.4. The lowest BCUT2D eigenvalue weighted by Gasteiger charge is -2.29. The van der Waals surface area contributed by atoms with E-state index in [9.17, 15) is 5.11 Å². The van der Waals surface area contributed by atoms with Crippen LogP contribution in [-0.2, 0) is 0 Å². The molecule has 0 radical (unpaired) electrons. The molecule has 0 aromatic rings. The van der Waals surface area contributed by atoms with Gasteiger partial charge in [-0.2, -0.15) is 0 Å². The summed E-state index contributed by atoms with van der Waals surface area (Å²) >= 11 is 0. The monoisotopic (exact) mass is 222 g/mol. The Morgan fingerprint density at radius 2 is 2.06 bits per heavy atom. The van der Waals surface area contributed by atoms with E-state index < -0.39 is 0 Å². The van der Waals surface area contributed by atoms with Gasteiger partial charge in [0.1, 0.15) is 0 Å². The van der Waals surface area contributed by atoms with Crippen LogP contribution in [0.15, 0.2) is 23.3 Å². The Hall–Kier alpha value is -0.560. The highest BCUT2D eigenvalue weighted by atomic mass is 16.3. The van der Waals surface area contributed by atoms with Crippen molar-refractivity contribution in [3.63, 3.8) is 0 Å². The number of hydrogen-bond acceptors (Lipinski definition) is 1. The van der Waals surface area contributed by atoms with Crippen LogP contribution in [0.2, 0.25) is 0 Å². The van der Waals surface area contributed by atoms with E-state index in [2.05, 4.69) is 46.8 Å². The molecule has 1 N–H and O–H groups in total. The molecule has 0 aromatic heterocycles. The second-order valence-electron chi connectivity index (χ2n) is 5.92. The average molecular weight is 222 g/mol. The van der Waals surface area contributed by atoms with E-state index in [1.807, 2.05) is 0 Å². The molecule has 0 unspecified atom stereocenters. The van der Waals surface area contributed by atoms with E-state index in [0.29, 0.717) is 18.4 Å². The maximum absolute atomic E-state index is 9.41. The summed E-state index contributed by atoms with van der Waals surface area (Å²) in [5, 5.41) is 9.41. The van der Waals surface area contributed by atoms with Gasteiger partial charge in [0.15, 0.2) is 0 Å². The maximum atomic E-state index is 9.41. The molecule has 0 saturated heterocycles. The second-order valence-corrected chi connectivity index (χ2v) is 5.92. The van der Waals surface area contributed by atoms with Crippen LogP contribution in [0.1, 0.15) is 47.5 Å². The molecule has 1 aliphatic carbocycles. The molecule has 0 aromatic carbocycles. The Kier molecular flexibility index (Phi) is 4.37. The van der Waals surface area contributed by atoms with Gasteiger partial charge in [-0.15, -0.1) is 0 Å². The number of rotatable bonds is 3. The molecule has 0 amide bonds. The molecule has 0 heterocycles. The third kappa shape index (κ3) is 2.76. The minimum Gasteiger partial charge on any atom is -0.396 e. The van der Waals surface area contributed by atoms with Gasteiger partial charge in [0.25, 0.3) is 0 Å². The first-order valence-corrected chi connectivity index (χ1v) is 6.32. The van der Waals surface area contributed by atoms with Crippen LogP contribution in [-0.4, -0.2) is 11.7 Å². The molecule has 92 valence electrons. The molecule has 1 rings (SSSR count). The van der Waals surface area contributed by atoms with E-state index in [0.717, 1.165) is 12.8 Å². The lowest BCUT2D eigenvalue weighted by Crippen LogP contribution is -2.25. The normalized spacial score (nSPS) is 30.8. The highest BCUT2D eigenvalue weighted by molar-refractivity contribution is 5.19. The summed E-state index contributed by atoms with van der Waals surface area (Å²) in [5.74, 6) is 1.02. The molecule has 16 heavy (non-hydrogen) atoms. The molecular formula is C15H26O. The SMILES string of the molecule is CC(C)=CC/C=C1\C[C@@H](CO)C(C)(C)[C@@H]1C. The van der Waals surface area contributed by atoms with E-state index >= 15 is 0 Å². The van der Waals surface area contributed by atoms with Gasteiger partial charge in [-0.1, -0.05) is 44.1 Å². The predicted octanol–water partition coefficient (Wildman–Crippen LogP) is 3.94. The van der Waals surface area contributed by atoms with Crippen molar-refractivity contribution in [2.24, 2.45) is 17.3 Å². The summed E-state index contributed by atoms with van der Waals surface area (Å²) in [5.41, 5.74) is 3.15. The maximum Gasteiger partial charge on any atom is 0.0467 e. The van der Waals surface area contributed by atoms with Crippen molar-refractivity contribution in [1.82, 2.24) is 0 Å². The molecule has 1 saturated carbocycles. The van der Waals surface area contributed by atoms with E-state index in [1.54, 1.807) is 0 Å². The Balaban J connectivity index is 2.75. The molecule has 1 fully saturated rings. The van der Waals surface area contributed by atoms with Crippen LogP contribution >= 0.6 is 0 Å². The van der Waals surface area contributed by atoms with Crippen LogP contribution in [0, 0.1) is 17.3 Å². The fourth-order valence-corrected chi connectivity index (χ4v) is 2.56. The summed E-state index contributed by atoms with van der Waals surface area (Å²) in [6.07, 6.45) is 6.73. The average Bonchev–Trinajstić information content (AvgIpc) is 2.40. The molecule has 0 spiro atoms. The summed E-state index contributed by atoms with van der Waals surface area (Å²) in [6, 6.07) is 0. The lowest BCUT2D eigenvalue weighted by molar-refractivity contribution is 0.121. The molecule has 0 bridgehead atoms. The van der Waals surface area contributed by atoms with Crippen LogP contribution < -0.4 is 0 Å². The first-order chi connectivity index (χ1) is 7.39. The van der Waals surface area contributed by atoms with Crippen LogP contribution in [0.3, 0.4) is 0 Å². The minimum atomic E-state index is 0.242. The summed E-state index contributed by atoms with van der Waals surface area (Å²) < 4.78 is 0. The minimum absolute atomic E-state index is 0.242. The molecule has 1 aliphatic rings. The van der Waals surface area contributed by atoms with Gasteiger partial charge in [-0.05, 0) is 43.9 Å². The Morgan fingerprint density at radius 3 is 2.50 bits per heavy atom. The Morgan fingerprint density at radius 1 is 1.44 bits per heavy atom. The van der Waals surface area contributed by atoms with Gasteiger partial charge in [-0.25, -0.2) is 0 Å². The van der Waals surface area contributed by atoms with Crippen LogP contribution in [0.25, 0.3) is 0 Å². The van der Waals surface area contributed by atoms with Gasteiger partial charge >= 0.3 is 0 Å². The Bertz CT molecular complexity index is 293. The van der Waals surface area contributed by atoms with Gasteiger partial charge in [0.05, 0.1) is 0 Å². The van der Waals surface area contributed by atoms with Crippen LogP contribution in [0.4, 0.5) is 0 Å². The van der Waals surface area contributed by atoms with Gasteiger partial charge in [0.2, 0.25) is 0 Å². The van der Waals surface area contributed by atoms with E-state index in [-0.39, 0.29) is 5.41 Å². The predicted molar refractivity (Wildman–Crippen MR) is 70.3 cm³/mol. The molecule has 1 heteroatoms. The molecule has 0 aliphatic heterocycles. The first-order valence-electron chi connectivity index (χ1n) is 6.32. The quantitative estimate of drug-likeness (QED) is 0.717.